The Hall–Kier alpha value is -2.17. The van der Waals surface area contributed by atoms with Gasteiger partial charge in [0.15, 0.2) is 5.69 Å². The van der Waals surface area contributed by atoms with Crippen molar-refractivity contribution in [1.29, 1.82) is 0 Å². The number of azo groups is 1. The molecule has 1 aromatic heterocycles. The minimum Gasteiger partial charge on any atom is -0.493 e. The first-order chi connectivity index (χ1) is 10.5. The fourth-order valence-electron chi connectivity index (χ4n) is 2.48. The highest BCUT2D eigenvalue weighted by molar-refractivity contribution is 5.95. The zero-order valence-electron chi connectivity index (χ0n) is 13.5. The van der Waals surface area contributed by atoms with Crippen molar-refractivity contribution < 1.29 is 9.90 Å². The van der Waals surface area contributed by atoms with Crippen LogP contribution in [0.1, 0.15) is 44.6 Å². The Balaban J connectivity index is 2.17. The predicted molar refractivity (Wildman–Crippen MR) is 87.6 cm³/mol. The van der Waals surface area contributed by atoms with E-state index >= 15 is 0 Å². The van der Waals surface area contributed by atoms with Gasteiger partial charge < -0.3 is 9.67 Å². The molecule has 0 aliphatic carbocycles. The third-order valence-corrected chi connectivity index (χ3v) is 3.80. The van der Waals surface area contributed by atoms with E-state index in [1.165, 1.54) is 0 Å². The summed E-state index contributed by atoms with van der Waals surface area (Å²) in [6.45, 7) is 4.11. The Morgan fingerprint density at radius 3 is 2.77 bits per heavy atom. The molecule has 0 atom stereocenters. The average Bonchev–Trinajstić information content (AvgIpc) is 2.73. The summed E-state index contributed by atoms with van der Waals surface area (Å²) in [5, 5.41) is 18.7. The average molecular weight is 301 g/mol. The van der Waals surface area contributed by atoms with Gasteiger partial charge in [-0.2, -0.15) is 0 Å². The van der Waals surface area contributed by atoms with Crippen molar-refractivity contribution in [1.82, 2.24) is 4.57 Å². The molecule has 2 rings (SSSR count). The number of carbonyl (C=O) groups excluding carboxylic acids is 1. The Bertz CT molecular complexity index is 701. The Morgan fingerprint density at radius 1 is 1.27 bits per heavy atom. The zero-order chi connectivity index (χ0) is 16.1. The van der Waals surface area contributed by atoms with Crippen LogP contribution in [0.15, 0.2) is 28.4 Å². The molecule has 2 aromatic rings. The molecule has 0 aliphatic heterocycles. The van der Waals surface area contributed by atoms with E-state index in [0.717, 1.165) is 42.1 Å². The number of hydrogen-bond donors (Lipinski definition) is 1. The monoisotopic (exact) mass is 301 g/mol. The van der Waals surface area contributed by atoms with Crippen LogP contribution in [0.25, 0.3) is 10.9 Å². The number of aromatic nitrogens is 1. The molecule has 1 amide bonds. The largest absolute Gasteiger partial charge is 0.493 e. The van der Waals surface area contributed by atoms with E-state index in [4.69, 9.17) is 0 Å². The molecule has 0 unspecified atom stereocenters. The number of amides is 1. The van der Waals surface area contributed by atoms with Crippen LogP contribution in [0.2, 0.25) is 0 Å². The number of unbranched alkanes of at least 4 members (excludes halogenated alkanes) is 3. The second-order valence-electron chi connectivity index (χ2n) is 5.66. The maximum absolute atomic E-state index is 11.8. The number of rotatable bonds is 6. The van der Waals surface area contributed by atoms with Gasteiger partial charge in [0.1, 0.15) is 0 Å². The number of benzene rings is 1. The molecule has 1 N–H and O–H groups in total. The van der Waals surface area contributed by atoms with Crippen molar-refractivity contribution in [3.8, 4) is 5.88 Å². The molecule has 0 saturated carbocycles. The van der Waals surface area contributed by atoms with E-state index in [0.29, 0.717) is 12.1 Å². The molecule has 1 heterocycles. The molecule has 0 radical (unpaired) electrons. The van der Waals surface area contributed by atoms with Crippen molar-refractivity contribution in [2.24, 2.45) is 17.3 Å². The van der Waals surface area contributed by atoms with Crippen molar-refractivity contribution in [2.45, 2.75) is 46.0 Å². The summed E-state index contributed by atoms with van der Waals surface area (Å²) < 4.78 is 1.65. The second kappa shape index (κ2) is 7.20. The lowest BCUT2D eigenvalue weighted by Crippen LogP contribution is -1.91. The normalized spacial score (nSPS) is 11.6. The molecule has 5 nitrogen and oxygen atoms in total. The lowest BCUT2D eigenvalue weighted by atomic mass is 10.1. The van der Waals surface area contributed by atoms with Gasteiger partial charge in [0.05, 0.1) is 5.52 Å². The summed E-state index contributed by atoms with van der Waals surface area (Å²) in [6, 6.07) is 5.84. The van der Waals surface area contributed by atoms with Crippen LogP contribution in [-0.2, 0) is 11.8 Å². The van der Waals surface area contributed by atoms with Crippen LogP contribution >= 0.6 is 0 Å². The number of carbonyl (C=O) groups is 1. The number of hydrogen-bond acceptors (Lipinski definition) is 3. The molecule has 1 aromatic carbocycles. The molecular formula is C17H23N3O2. The van der Waals surface area contributed by atoms with Gasteiger partial charge in [0.25, 0.3) is 5.91 Å². The maximum atomic E-state index is 11.8. The van der Waals surface area contributed by atoms with E-state index in [2.05, 4.69) is 17.2 Å². The number of aryl methyl sites for hydroxylation is 2. The number of nitrogens with zero attached hydrogens (tertiary/aromatic N) is 3. The molecule has 22 heavy (non-hydrogen) atoms. The van der Waals surface area contributed by atoms with E-state index in [-0.39, 0.29) is 11.8 Å². The standard InChI is InChI=1S/C17H23N3O2/c1-4-5-6-7-8-15(21)18-19-16-13-11-12(2)9-10-14(13)20(3)17(16)22/h9-11,22H,4-8H2,1-3H3. The van der Waals surface area contributed by atoms with Crippen LogP contribution in [0.5, 0.6) is 5.88 Å². The minimum absolute atomic E-state index is 0.0307. The SMILES string of the molecule is CCCCCCC(=O)N=Nc1c(O)n(C)c2ccc(C)cc12. The molecule has 0 fully saturated rings. The second-order valence-corrected chi connectivity index (χ2v) is 5.66. The zero-order valence-corrected chi connectivity index (χ0v) is 13.5. The van der Waals surface area contributed by atoms with Crippen LogP contribution in [0.4, 0.5) is 5.69 Å². The molecule has 0 spiro atoms. The van der Waals surface area contributed by atoms with Gasteiger partial charge in [-0.15, -0.1) is 10.2 Å². The van der Waals surface area contributed by atoms with Gasteiger partial charge in [0.2, 0.25) is 5.88 Å². The van der Waals surface area contributed by atoms with Gasteiger partial charge in [-0.3, -0.25) is 4.79 Å². The van der Waals surface area contributed by atoms with Gasteiger partial charge >= 0.3 is 0 Å². The van der Waals surface area contributed by atoms with Crippen molar-refractivity contribution in [2.75, 3.05) is 0 Å². The van der Waals surface area contributed by atoms with Crippen molar-refractivity contribution in [3.05, 3.63) is 23.8 Å². The summed E-state index contributed by atoms with van der Waals surface area (Å²) in [4.78, 5) is 11.8. The fraction of sp³-hybridized carbons (Fsp3) is 0.471. The van der Waals surface area contributed by atoms with E-state index in [1.807, 2.05) is 25.1 Å². The van der Waals surface area contributed by atoms with Crippen LogP contribution < -0.4 is 0 Å². The van der Waals surface area contributed by atoms with Gasteiger partial charge in [-0.1, -0.05) is 37.8 Å². The summed E-state index contributed by atoms with van der Waals surface area (Å²) in [5.74, 6) is -0.205. The third-order valence-electron chi connectivity index (χ3n) is 3.80. The molecule has 0 bridgehead atoms. The van der Waals surface area contributed by atoms with Crippen LogP contribution in [0, 0.1) is 6.92 Å². The number of fused-ring (bicyclic) bond motifs is 1. The van der Waals surface area contributed by atoms with Crippen LogP contribution in [-0.4, -0.2) is 15.6 Å². The summed E-state index contributed by atoms with van der Waals surface area (Å²) >= 11 is 0. The highest BCUT2D eigenvalue weighted by Crippen LogP contribution is 2.38. The van der Waals surface area contributed by atoms with Gasteiger partial charge in [-0.25, -0.2) is 0 Å². The molecular weight excluding hydrogens is 278 g/mol. The summed E-state index contributed by atoms with van der Waals surface area (Å²) in [7, 11) is 1.76. The number of aromatic hydroxyl groups is 1. The minimum atomic E-state index is -0.236. The quantitative estimate of drug-likeness (QED) is 0.616. The predicted octanol–water partition coefficient (Wildman–Crippen LogP) is 4.77. The lowest BCUT2D eigenvalue weighted by molar-refractivity contribution is -0.118. The van der Waals surface area contributed by atoms with Crippen molar-refractivity contribution >= 4 is 22.5 Å². The third kappa shape index (κ3) is 3.53. The summed E-state index contributed by atoms with van der Waals surface area (Å²) in [6.07, 6.45) is 4.56. The highest BCUT2D eigenvalue weighted by Gasteiger charge is 2.14. The first kappa shape index (κ1) is 16.2. The molecule has 118 valence electrons. The fourth-order valence-corrected chi connectivity index (χ4v) is 2.48. The first-order valence-electron chi connectivity index (χ1n) is 7.77. The topological polar surface area (TPSA) is 66.9 Å². The Morgan fingerprint density at radius 2 is 2.05 bits per heavy atom. The first-order valence-corrected chi connectivity index (χ1v) is 7.77. The molecule has 0 saturated heterocycles. The molecule has 0 aliphatic rings. The van der Waals surface area contributed by atoms with Crippen molar-refractivity contribution in [3.63, 3.8) is 0 Å². The summed E-state index contributed by atoms with van der Waals surface area (Å²) in [5.41, 5.74) is 2.30. The van der Waals surface area contributed by atoms with E-state index in [1.54, 1.807) is 11.6 Å². The molecule has 5 heteroatoms. The van der Waals surface area contributed by atoms with Gasteiger partial charge in [-0.05, 0) is 25.5 Å². The maximum Gasteiger partial charge on any atom is 0.264 e. The van der Waals surface area contributed by atoms with Gasteiger partial charge in [0, 0.05) is 18.9 Å². The Kier molecular flexibility index (Phi) is 5.31. The van der Waals surface area contributed by atoms with E-state index in [9.17, 15) is 9.90 Å². The highest BCUT2D eigenvalue weighted by atomic mass is 16.3. The Labute approximate surface area is 130 Å². The lowest BCUT2D eigenvalue weighted by Gasteiger charge is -1.96. The van der Waals surface area contributed by atoms with E-state index < -0.39 is 0 Å². The smallest absolute Gasteiger partial charge is 0.264 e. The van der Waals surface area contributed by atoms with Crippen LogP contribution in [0.3, 0.4) is 0 Å².